The Kier molecular flexibility index (Phi) is 4.87. The van der Waals surface area contributed by atoms with Crippen molar-refractivity contribution in [3.8, 4) is 0 Å². The predicted molar refractivity (Wildman–Crippen MR) is 114 cm³/mol. The molecule has 2 aliphatic heterocycles. The summed E-state index contributed by atoms with van der Waals surface area (Å²) in [6, 6.07) is 17.1. The summed E-state index contributed by atoms with van der Waals surface area (Å²) in [6.45, 7) is 2.46. The molecule has 1 fully saturated rings. The molecule has 5 rings (SSSR count). The normalized spacial score (nSPS) is 22.2. The minimum absolute atomic E-state index is 0.259. The smallest absolute Gasteiger partial charge is 0.282 e. The molecule has 0 saturated carbocycles. The number of aryl methyl sites for hydroxylation is 1. The van der Waals surface area contributed by atoms with Crippen LogP contribution < -0.4 is 9.80 Å². The highest BCUT2D eigenvalue weighted by Gasteiger charge is 2.34. The minimum atomic E-state index is 0.259. The van der Waals surface area contributed by atoms with Crippen molar-refractivity contribution in [1.29, 1.82) is 0 Å². The van der Waals surface area contributed by atoms with Crippen LogP contribution in [0.4, 0.5) is 5.69 Å². The Morgan fingerprint density at radius 3 is 2.89 bits per heavy atom. The Morgan fingerprint density at radius 1 is 1.11 bits per heavy atom. The summed E-state index contributed by atoms with van der Waals surface area (Å²) in [6.07, 6.45) is 5.68. The van der Waals surface area contributed by atoms with E-state index in [9.17, 15) is 4.79 Å². The van der Waals surface area contributed by atoms with Crippen LogP contribution in [0.25, 0.3) is 10.2 Å². The topological polar surface area (TPSA) is 37.6 Å². The summed E-state index contributed by atoms with van der Waals surface area (Å²) in [5.74, 6) is 0.259. The van der Waals surface area contributed by atoms with Crippen molar-refractivity contribution < 1.29 is 9.69 Å². The fourth-order valence-corrected chi connectivity index (χ4v) is 5.87. The van der Waals surface area contributed by atoms with Crippen LogP contribution in [0.3, 0.4) is 0 Å². The number of thiazole rings is 1. The second-order valence-corrected chi connectivity index (χ2v) is 8.99. The molecule has 1 amide bonds. The lowest BCUT2D eigenvalue weighted by atomic mass is 10.0. The van der Waals surface area contributed by atoms with Gasteiger partial charge < -0.3 is 9.80 Å². The van der Waals surface area contributed by atoms with Gasteiger partial charge in [-0.1, -0.05) is 30.3 Å². The van der Waals surface area contributed by atoms with Gasteiger partial charge in [-0.05, 0) is 49.4 Å². The van der Waals surface area contributed by atoms with E-state index in [-0.39, 0.29) is 5.91 Å². The first kappa shape index (κ1) is 17.8. The highest BCUT2D eigenvalue weighted by atomic mass is 32.1. The number of nitrogens with one attached hydrogen (secondary N) is 1. The number of benzene rings is 2. The van der Waals surface area contributed by atoms with Crippen LogP contribution in [-0.4, -0.2) is 30.5 Å². The van der Waals surface area contributed by atoms with E-state index in [4.69, 9.17) is 4.98 Å². The molecule has 3 heterocycles. The summed E-state index contributed by atoms with van der Waals surface area (Å²) in [5.41, 5.74) is 3.51. The Hall–Kier alpha value is -2.24. The molecule has 0 aliphatic carbocycles. The second kappa shape index (κ2) is 7.64. The summed E-state index contributed by atoms with van der Waals surface area (Å²) < 4.78 is 1.25. The maximum Gasteiger partial charge on any atom is 0.282 e. The average molecular weight is 393 g/mol. The van der Waals surface area contributed by atoms with Crippen LogP contribution in [-0.2, 0) is 11.2 Å². The minimum Gasteiger partial charge on any atom is -0.319 e. The molecular weight excluding hydrogens is 366 g/mol. The van der Waals surface area contributed by atoms with E-state index in [2.05, 4.69) is 42.5 Å². The SMILES string of the molecule is O=C(C[NH+]1CCCC[C@H]1c1nc2ccccc2s1)N1CCCc2ccccc21. The molecule has 1 saturated heterocycles. The number of likely N-dealkylation sites (tertiary alicyclic amines) is 1. The van der Waals surface area contributed by atoms with Gasteiger partial charge >= 0.3 is 0 Å². The summed E-state index contributed by atoms with van der Waals surface area (Å²) >= 11 is 1.80. The number of anilines is 1. The lowest BCUT2D eigenvalue weighted by Crippen LogP contribution is -3.14. The first-order valence-corrected chi connectivity index (χ1v) is 11.2. The van der Waals surface area contributed by atoms with E-state index in [1.165, 1.54) is 33.0 Å². The molecule has 2 atom stereocenters. The zero-order chi connectivity index (χ0) is 18.9. The van der Waals surface area contributed by atoms with Gasteiger partial charge in [-0.3, -0.25) is 4.79 Å². The maximum atomic E-state index is 13.3. The number of piperidine rings is 1. The van der Waals surface area contributed by atoms with E-state index >= 15 is 0 Å². The first-order valence-electron chi connectivity index (χ1n) is 10.4. The van der Waals surface area contributed by atoms with Crippen molar-refractivity contribution in [3.63, 3.8) is 0 Å². The van der Waals surface area contributed by atoms with Crippen molar-refractivity contribution in [3.05, 3.63) is 59.1 Å². The third-order valence-corrected chi connectivity index (χ3v) is 7.28. The van der Waals surface area contributed by atoms with E-state index in [0.29, 0.717) is 12.6 Å². The summed E-state index contributed by atoms with van der Waals surface area (Å²) in [5, 5.41) is 1.20. The van der Waals surface area contributed by atoms with Gasteiger partial charge in [0.15, 0.2) is 11.6 Å². The Bertz CT molecular complexity index is 965. The molecule has 5 heteroatoms. The fourth-order valence-electron chi connectivity index (χ4n) is 4.71. The first-order chi connectivity index (χ1) is 13.8. The van der Waals surface area contributed by atoms with Crippen LogP contribution in [0.2, 0.25) is 0 Å². The molecule has 28 heavy (non-hydrogen) atoms. The summed E-state index contributed by atoms with van der Waals surface area (Å²) in [7, 11) is 0. The van der Waals surface area contributed by atoms with E-state index in [1.54, 1.807) is 11.3 Å². The standard InChI is InChI=1S/C23H25N3OS/c27-22(26-15-7-9-17-8-1-3-11-19(17)26)16-25-14-6-5-12-20(25)23-24-18-10-2-4-13-21(18)28-23/h1-4,8,10-11,13,20H,5-7,9,12,14-16H2/p+1/t20-/m0/s1. The van der Waals surface area contributed by atoms with Crippen molar-refractivity contribution in [1.82, 2.24) is 4.98 Å². The summed E-state index contributed by atoms with van der Waals surface area (Å²) in [4.78, 5) is 21.6. The molecule has 1 aromatic heterocycles. The van der Waals surface area contributed by atoms with Gasteiger partial charge in [-0.25, -0.2) is 4.98 Å². The Balaban J connectivity index is 1.38. The molecule has 144 valence electrons. The zero-order valence-corrected chi connectivity index (χ0v) is 16.9. The number of para-hydroxylation sites is 2. The van der Waals surface area contributed by atoms with Crippen LogP contribution >= 0.6 is 11.3 Å². The third kappa shape index (κ3) is 3.33. The highest BCUT2D eigenvalue weighted by Crippen LogP contribution is 2.29. The number of aromatic nitrogens is 1. The van der Waals surface area contributed by atoms with Gasteiger partial charge in [0.25, 0.3) is 5.91 Å². The number of carbonyl (C=O) groups excluding carboxylic acids is 1. The number of nitrogens with zero attached hydrogens (tertiary/aromatic N) is 2. The number of fused-ring (bicyclic) bond motifs is 2. The van der Waals surface area contributed by atoms with Crippen LogP contribution in [0, 0.1) is 0 Å². The molecule has 0 bridgehead atoms. The third-order valence-electron chi connectivity index (χ3n) is 6.13. The van der Waals surface area contributed by atoms with E-state index in [0.717, 1.165) is 43.6 Å². The van der Waals surface area contributed by atoms with Crippen LogP contribution in [0.15, 0.2) is 48.5 Å². The lowest BCUT2D eigenvalue weighted by molar-refractivity contribution is -0.929. The number of carbonyl (C=O) groups is 1. The molecule has 3 aromatic rings. The van der Waals surface area contributed by atoms with Crippen molar-refractivity contribution >= 4 is 33.1 Å². The zero-order valence-electron chi connectivity index (χ0n) is 16.1. The molecule has 4 nitrogen and oxygen atoms in total. The monoisotopic (exact) mass is 392 g/mol. The van der Waals surface area contributed by atoms with Crippen molar-refractivity contribution in [2.45, 2.75) is 38.1 Å². The van der Waals surface area contributed by atoms with Gasteiger partial charge in [0.05, 0.1) is 16.8 Å². The number of quaternary nitrogens is 1. The van der Waals surface area contributed by atoms with Gasteiger partial charge in [-0.2, -0.15) is 0 Å². The van der Waals surface area contributed by atoms with Crippen LogP contribution in [0.5, 0.6) is 0 Å². The van der Waals surface area contributed by atoms with Gasteiger partial charge in [0, 0.05) is 18.7 Å². The molecular formula is C23H26N3OS+. The van der Waals surface area contributed by atoms with Gasteiger partial charge in [-0.15, -0.1) is 11.3 Å². The van der Waals surface area contributed by atoms with Crippen molar-refractivity contribution in [2.75, 3.05) is 24.5 Å². The van der Waals surface area contributed by atoms with Crippen LogP contribution in [0.1, 0.15) is 42.3 Å². The number of rotatable bonds is 3. The van der Waals surface area contributed by atoms with E-state index in [1.807, 2.05) is 11.0 Å². The Morgan fingerprint density at radius 2 is 1.96 bits per heavy atom. The number of hydrogen-bond acceptors (Lipinski definition) is 3. The Labute approximate surface area is 169 Å². The number of amides is 1. The fraction of sp³-hybridized carbons (Fsp3) is 0.391. The molecule has 1 N–H and O–H groups in total. The van der Waals surface area contributed by atoms with Gasteiger partial charge in [0.2, 0.25) is 0 Å². The molecule has 0 radical (unpaired) electrons. The average Bonchev–Trinajstić information content (AvgIpc) is 3.18. The van der Waals surface area contributed by atoms with Gasteiger partial charge in [0.1, 0.15) is 6.04 Å². The van der Waals surface area contributed by atoms with E-state index < -0.39 is 0 Å². The molecule has 2 aromatic carbocycles. The molecule has 0 spiro atoms. The molecule has 1 unspecified atom stereocenters. The maximum absolute atomic E-state index is 13.3. The lowest BCUT2D eigenvalue weighted by Gasteiger charge is -2.34. The predicted octanol–water partition coefficient (Wildman–Crippen LogP) is 3.39. The van der Waals surface area contributed by atoms with Crippen molar-refractivity contribution in [2.24, 2.45) is 0 Å². The highest BCUT2D eigenvalue weighted by molar-refractivity contribution is 7.18. The largest absolute Gasteiger partial charge is 0.319 e. The second-order valence-electron chi connectivity index (χ2n) is 7.93. The quantitative estimate of drug-likeness (QED) is 0.742. The molecule has 2 aliphatic rings. The number of hydrogen-bond donors (Lipinski definition) is 1.